The molecule has 1 aromatic carbocycles. The molecule has 1 saturated heterocycles. The highest BCUT2D eigenvalue weighted by atomic mass is 16.2. The van der Waals surface area contributed by atoms with Gasteiger partial charge in [-0.15, -0.1) is 0 Å². The molecular weight excluding hydrogens is 316 g/mol. The number of carbonyl (C=O) groups is 2. The van der Waals surface area contributed by atoms with Crippen molar-refractivity contribution >= 4 is 17.5 Å². The van der Waals surface area contributed by atoms with Crippen LogP contribution in [-0.4, -0.2) is 63.0 Å². The van der Waals surface area contributed by atoms with Crippen LogP contribution < -0.4 is 15.5 Å². The number of hydrogen-bond donors (Lipinski definition) is 2. The Kier molecular flexibility index (Phi) is 7.25. The summed E-state index contributed by atoms with van der Waals surface area (Å²) in [6, 6.07) is 7.94. The van der Waals surface area contributed by atoms with Crippen molar-refractivity contribution in [1.82, 2.24) is 15.5 Å². The Balaban J connectivity index is 1.81. The molecule has 1 aliphatic rings. The van der Waals surface area contributed by atoms with Gasteiger partial charge >= 0.3 is 0 Å². The van der Waals surface area contributed by atoms with Gasteiger partial charge in [-0.05, 0) is 43.5 Å². The van der Waals surface area contributed by atoms with Crippen LogP contribution in [0.5, 0.6) is 0 Å². The minimum absolute atomic E-state index is 0.0190. The molecular formula is C19H30N4O2. The normalized spacial score (nSPS) is 15.6. The first-order valence-corrected chi connectivity index (χ1v) is 9.08. The van der Waals surface area contributed by atoms with E-state index < -0.39 is 0 Å². The van der Waals surface area contributed by atoms with Crippen LogP contribution in [0.2, 0.25) is 0 Å². The van der Waals surface area contributed by atoms with Crippen molar-refractivity contribution in [3.8, 4) is 0 Å². The van der Waals surface area contributed by atoms with Gasteiger partial charge in [-0.1, -0.05) is 6.92 Å². The van der Waals surface area contributed by atoms with Crippen LogP contribution in [0.25, 0.3) is 0 Å². The van der Waals surface area contributed by atoms with Crippen LogP contribution in [0.15, 0.2) is 24.3 Å². The van der Waals surface area contributed by atoms with Gasteiger partial charge in [0.1, 0.15) is 0 Å². The van der Waals surface area contributed by atoms with Gasteiger partial charge in [-0.2, -0.15) is 0 Å². The zero-order valence-electron chi connectivity index (χ0n) is 15.5. The maximum atomic E-state index is 12.4. The van der Waals surface area contributed by atoms with Crippen molar-refractivity contribution < 1.29 is 9.59 Å². The number of piperidine rings is 1. The number of carbonyl (C=O) groups excluding carboxylic acids is 2. The molecule has 0 radical (unpaired) electrons. The zero-order valence-corrected chi connectivity index (χ0v) is 15.5. The molecule has 2 rings (SSSR count). The lowest BCUT2D eigenvalue weighted by molar-refractivity contribution is -0.122. The van der Waals surface area contributed by atoms with Gasteiger partial charge in [-0.25, -0.2) is 0 Å². The standard InChI is InChI=1S/C19H30N4O2/c1-4-11-22(3)17-7-5-15(6-8-17)19(25)21-16-9-12-23(13-10-16)14-18(24)20-2/h5-8,16H,4,9-14H2,1-3H3,(H,20,24)(H,21,25). The molecule has 1 fully saturated rings. The summed E-state index contributed by atoms with van der Waals surface area (Å²) in [5.74, 6) is 0.0186. The van der Waals surface area contributed by atoms with E-state index in [-0.39, 0.29) is 17.9 Å². The summed E-state index contributed by atoms with van der Waals surface area (Å²) >= 11 is 0. The average Bonchev–Trinajstić information content (AvgIpc) is 2.63. The molecule has 0 aromatic heterocycles. The molecule has 0 saturated carbocycles. The monoisotopic (exact) mass is 346 g/mol. The van der Waals surface area contributed by atoms with E-state index in [9.17, 15) is 9.59 Å². The van der Waals surface area contributed by atoms with Crippen LogP contribution in [0.1, 0.15) is 36.5 Å². The summed E-state index contributed by atoms with van der Waals surface area (Å²) in [5, 5.41) is 5.76. The Hall–Kier alpha value is -2.08. The Labute approximate surface area is 150 Å². The fourth-order valence-electron chi connectivity index (χ4n) is 3.12. The van der Waals surface area contributed by atoms with Crippen molar-refractivity contribution in [3.05, 3.63) is 29.8 Å². The first-order chi connectivity index (χ1) is 12.0. The minimum Gasteiger partial charge on any atom is -0.375 e. The van der Waals surface area contributed by atoms with Crippen LogP contribution >= 0.6 is 0 Å². The predicted molar refractivity (Wildman–Crippen MR) is 101 cm³/mol. The van der Waals surface area contributed by atoms with E-state index in [1.165, 1.54) is 0 Å². The first-order valence-electron chi connectivity index (χ1n) is 9.08. The lowest BCUT2D eigenvalue weighted by Crippen LogP contribution is -2.47. The maximum Gasteiger partial charge on any atom is 0.251 e. The van der Waals surface area contributed by atoms with Gasteiger partial charge in [0.25, 0.3) is 5.91 Å². The van der Waals surface area contributed by atoms with Crippen molar-refractivity contribution in [2.24, 2.45) is 0 Å². The van der Waals surface area contributed by atoms with E-state index in [0.29, 0.717) is 12.1 Å². The van der Waals surface area contributed by atoms with Gasteiger partial charge in [0.15, 0.2) is 0 Å². The van der Waals surface area contributed by atoms with Crippen LogP contribution in [0, 0.1) is 0 Å². The van der Waals surface area contributed by atoms with Crippen LogP contribution in [-0.2, 0) is 4.79 Å². The average molecular weight is 346 g/mol. The quantitative estimate of drug-likeness (QED) is 0.785. The van der Waals surface area contributed by atoms with Gasteiger partial charge in [0.05, 0.1) is 6.54 Å². The predicted octanol–water partition coefficient (Wildman–Crippen LogP) is 1.47. The fraction of sp³-hybridized carbons (Fsp3) is 0.579. The first kappa shape index (κ1) is 19.2. The summed E-state index contributed by atoms with van der Waals surface area (Å²) in [7, 11) is 3.71. The summed E-state index contributed by atoms with van der Waals surface area (Å²) in [4.78, 5) is 28.1. The maximum absolute atomic E-state index is 12.4. The SMILES string of the molecule is CCCN(C)c1ccc(C(=O)NC2CCN(CC(=O)NC)CC2)cc1. The lowest BCUT2D eigenvalue weighted by Gasteiger charge is -2.31. The van der Waals surface area contributed by atoms with Crippen molar-refractivity contribution in [3.63, 3.8) is 0 Å². The Morgan fingerprint density at radius 3 is 2.40 bits per heavy atom. The number of rotatable bonds is 7. The minimum atomic E-state index is -0.0190. The van der Waals surface area contributed by atoms with Gasteiger partial charge in [-0.3, -0.25) is 14.5 Å². The Bertz CT molecular complexity index is 565. The molecule has 6 nitrogen and oxygen atoms in total. The molecule has 2 N–H and O–H groups in total. The van der Waals surface area contributed by atoms with Gasteiger partial charge in [0.2, 0.25) is 5.91 Å². The number of hydrogen-bond acceptors (Lipinski definition) is 4. The topological polar surface area (TPSA) is 64.7 Å². The zero-order chi connectivity index (χ0) is 18.2. The molecule has 2 amide bonds. The van der Waals surface area contributed by atoms with Gasteiger partial charge < -0.3 is 15.5 Å². The lowest BCUT2D eigenvalue weighted by atomic mass is 10.0. The molecule has 0 bridgehead atoms. The molecule has 1 aromatic rings. The van der Waals surface area contributed by atoms with E-state index in [1.54, 1.807) is 7.05 Å². The molecule has 1 aliphatic heterocycles. The smallest absolute Gasteiger partial charge is 0.251 e. The highest BCUT2D eigenvalue weighted by Crippen LogP contribution is 2.15. The van der Waals surface area contributed by atoms with E-state index >= 15 is 0 Å². The third-order valence-electron chi connectivity index (χ3n) is 4.70. The molecule has 0 aliphatic carbocycles. The Morgan fingerprint density at radius 1 is 1.20 bits per heavy atom. The van der Waals surface area contributed by atoms with Crippen molar-refractivity contribution in [2.45, 2.75) is 32.2 Å². The van der Waals surface area contributed by atoms with Crippen LogP contribution in [0.4, 0.5) is 5.69 Å². The van der Waals surface area contributed by atoms with Crippen LogP contribution in [0.3, 0.4) is 0 Å². The van der Waals surface area contributed by atoms with Gasteiger partial charge in [0, 0.05) is 51.0 Å². The third kappa shape index (κ3) is 5.74. The number of likely N-dealkylation sites (N-methyl/N-ethyl adjacent to an activating group) is 1. The second-order valence-corrected chi connectivity index (χ2v) is 6.67. The molecule has 138 valence electrons. The molecule has 1 heterocycles. The largest absolute Gasteiger partial charge is 0.375 e. The van der Waals surface area contributed by atoms with Crippen molar-refractivity contribution in [1.29, 1.82) is 0 Å². The number of nitrogens with one attached hydrogen (secondary N) is 2. The van der Waals surface area contributed by atoms with E-state index in [4.69, 9.17) is 0 Å². The molecule has 0 atom stereocenters. The van der Waals surface area contributed by atoms with E-state index in [1.807, 2.05) is 24.3 Å². The number of amides is 2. The van der Waals surface area contributed by atoms with E-state index in [2.05, 4.69) is 34.4 Å². The van der Waals surface area contributed by atoms with E-state index in [0.717, 1.165) is 44.6 Å². The number of nitrogens with zero attached hydrogens (tertiary/aromatic N) is 2. The third-order valence-corrected chi connectivity index (χ3v) is 4.70. The summed E-state index contributed by atoms with van der Waals surface area (Å²) in [5.41, 5.74) is 1.82. The Morgan fingerprint density at radius 2 is 1.84 bits per heavy atom. The fourth-order valence-corrected chi connectivity index (χ4v) is 3.12. The number of likely N-dealkylation sites (tertiary alicyclic amines) is 1. The number of benzene rings is 1. The highest BCUT2D eigenvalue weighted by molar-refractivity contribution is 5.94. The molecule has 25 heavy (non-hydrogen) atoms. The summed E-state index contributed by atoms with van der Waals surface area (Å²) in [6.45, 7) is 5.25. The second-order valence-electron chi connectivity index (χ2n) is 6.67. The highest BCUT2D eigenvalue weighted by Gasteiger charge is 2.22. The molecule has 0 spiro atoms. The molecule has 0 unspecified atom stereocenters. The van der Waals surface area contributed by atoms with Crippen molar-refractivity contribution in [2.75, 3.05) is 45.2 Å². The summed E-state index contributed by atoms with van der Waals surface area (Å²) in [6.07, 6.45) is 2.84. The second kappa shape index (κ2) is 9.42. The number of anilines is 1. The molecule has 6 heteroatoms. The summed E-state index contributed by atoms with van der Waals surface area (Å²) < 4.78 is 0.